The summed E-state index contributed by atoms with van der Waals surface area (Å²) in [6.45, 7) is 10.3. The van der Waals surface area contributed by atoms with Gasteiger partial charge in [0.2, 0.25) is 0 Å². The standard InChI is InChI=1S/C53H90OSi/c1-5-6-7-8-9-10-11-12-13-14-15-16-17-18-19-20-21-22-23-24-25-26-27-28-29-30-31-32-33-34-35-36-37-38-45-50-54-55(53(2,3)4,51-46-41-39-42-47-51)52-48-43-40-44-49-52/h11-12,17-18,39-44,46-49H,5-10,13-16,19-38,45,50H2,1-4H3. The Hall–Kier alpha value is -1.90. The quantitative estimate of drug-likeness (QED) is 0.0378. The molecule has 2 heteroatoms. The Bertz CT molecular complexity index is 1110. The Balaban J connectivity index is 1.31. The Kier molecular flexibility index (Phi) is 30.6. The van der Waals surface area contributed by atoms with Crippen LogP contribution in [0.2, 0.25) is 5.04 Å². The van der Waals surface area contributed by atoms with Gasteiger partial charge in [0.1, 0.15) is 0 Å². The van der Waals surface area contributed by atoms with Gasteiger partial charge in [-0.25, -0.2) is 0 Å². The minimum absolute atomic E-state index is 0.0672. The first-order valence-electron chi connectivity index (χ1n) is 24.1. The van der Waals surface area contributed by atoms with Crippen molar-refractivity contribution in [3.05, 3.63) is 85.0 Å². The summed E-state index contributed by atoms with van der Waals surface area (Å²) in [6, 6.07) is 22.2. The van der Waals surface area contributed by atoms with Crippen LogP contribution in [0.15, 0.2) is 85.0 Å². The second-order valence-electron chi connectivity index (χ2n) is 17.8. The van der Waals surface area contributed by atoms with Crippen molar-refractivity contribution in [3.63, 3.8) is 0 Å². The van der Waals surface area contributed by atoms with E-state index in [1.54, 1.807) is 0 Å². The molecule has 0 bridgehead atoms. The SMILES string of the molecule is CCCCCCCC=CCCCCC=CCCCCCCCCCCCCCCCCCCCCCCO[Si](c1ccccc1)(c1ccccc1)C(C)(C)C. The summed E-state index contributed by atoms with van der Waals surface area (Å²) in [7, 11) is -2.38. The average molecular weight is 771 g/mol. The summed E-state index contributed by atoms with van der Waals surface area (Å²) < 4.78 is 7.07. The van der Waals surface area contributed by atoms with E-state index >= 15 is 0 Å². The molecule has 0 fully saturated rings. The third kappa shape index (κ3) is 23.8. The number of benzene rings is 2. The van der Waals surface area contributed by atoms with Crippen LogP contribution in [0.3, 0.4) is 0 Å². The summed E-state index contributed by atoms with van der Waals surface area (Å²) in [5.41, 5.74) is 0. The monoisotopic (exact) mass is 771 g/mol. The molecule has 312 valence electrons. The number of unbranched alkanes of at least 4 members (excludes halogenated alkanes) is 28. The minimum Gasteiger partial charge on any atom is -0.407 e. The van der Waals surface area contributed by atoms with Crippen molar-refractivity contribution in [1.29, 1.82) is 0 Å². The highest BCUT2D eigenvalue weighted by Gasteiger charge is 2.49. The van der Waals surface area contributed by atoms with Gasteiger partial charge in [-0.05, 0) is 73.2 Å². The van der Waals surface area contributed by atoms with Crippen molar-refractivity contribution in [2.75, 3.05) is 6.61 Å². The third-order valence-corrected chi connectivity index (χ3v) is 16.8. The summed E-state index contributed by atoms with van der Waals surface area (Å²) >= 11 is 0. The number of hydrogen-bond donors (Lipinski definition) is 0. The van der Waals surface area contributed by atoms with Crippen molar-refractivity contribution >= 4 is 18.7 Å². The van der Waals surface area contributed by atoms with Gasteiger partial charge in [-0.2, -0.15) is 0 Å². The largest absolute Gasteiger partial charge is 0.407 e. The molecule has 0 aliphatic carbocycles. The van der Waals surface area contributed by atoms with E-state index in [-0.39, 0.29) is 5.04 Å². The lowest BCUT2D eigenvalue weighted by atomic mass is 10.0. The van der Waals surface area contributed by atoms with Gasteiger partial charge < -0.3 is 4.43 Å². The van der Waals surface area contributed by atoms with Gasteiger partial charge >= 0.3 is 0 Å². The molecule has 55 heavy (non-hydrogen) atoms. The van der Waals surface area contributed by atoms with Crippen LogP contribution in [0.1, 0.15) is 227 Å². The van der Waals surface area contributed by atoms with Gasteiger partial charge in [-0.1, -0.05) is 254 Å². The highest BCUT2D eigenvalue weighted by molar-refractivity contribution is 6.99. The molecule has 0 amide bonds. The Morgan fingerprint density at radius 1 is 0.382 bits per heavy atom. The zero-order valence-corrected chi connectivity index (χ0v) is 38.1. The van der Waals surface area contributed by atoms with E-state index < -0.39 is 8.32 Å². The topological polar surface area (TPSA) is 9.23 Å². The number of rotatable bonds is 37. The van der Waals surface area contributed by atoms with E-state index in [9.17, 15) is 0 Å². The molecule has 0 aliphatic heterocycles. The van der Waals surface area contributed by atoms with Crippen LogP contribution >= 0.6 is 0 Å². The Morgan fingerprint density at radius 2 is 0.655 bits per heavy atom. The molecule has 2 aromatic rings. The molecule has 0 spiro atoms. The molecule has 0 radical (unpaired) electrons. The zero-order valence-electron chi connectivity index (χ0n) is 37.1. The molecule has 0 aliphatic rings. The van der Waals surface area contributed by atoms with Gasteiger partial charge in [-0.15, -0.1) is 0 Å². The van der Waals surface area contributed by atoms with E-state index in [1.165, 1.54) is 209 Å². The second kappa shape index (κ2) is 34.2. The van der Waals surface area contributed by atoms with Crippen LogP contribution in [-0.4, -0.2) is 14.9 Å². The fourth-order valence-electron chi connectivity index (χ4n) is 8.39. The molecule has 2 aromatic carbocycles. The number of allylic oxidation sites excluding steroid dienone is 4. The molecule has 0 aromatic heterocycles. The molecule has 0 atom stereocenters. The molecule has 0 unspecified atom stereocenters. The maximum atomic E-state index is 7.07. The maximum Gasteiger partial charge on any atom is 0.261 e. The van der Waals surface area contributed by atoms with E-state index in [1.807, 2.05) is 0 Å². The van der Waals surface area contributed by atoms with Gasteiger partial charge in [0.05, 0.1) is 0 Å². The van der Waals surface area contributed by atoms with E-state index in [4.69, 9.17) is 4.43 Å². The van der Waals surface area contributed by atoms with Crippen LogP contribution in [-0.2, 0) is 4.43 Å². The van der Waals surface area contributed by atoms with Crippen molar-refractivity contribution < 1.29 is 4.43 Å². The molecule has 1 nitrogen and oxygen atoms in total. The fourth-order valence-corrected chi connectivity index (χ4v) is 13.0. The lowest BCUT2D eigenvalue weighted by Gasteiger charge is -2.43. The third-order valence-electron chi connectivity index (χ3n) is 11.8. The van der Waals surface area contributed by atoms with E-state index in [0.717, 1.165) is 6.61 Å². The summed E-state index contributed by atoms with van der Waals surface area (Å²) in [5.74, 6) is 0. The van der Waals surface area contributed by atoms with Crippen molar-refractivity contribution in [2.24, 2.45) is 0 Å². The summed E-state index contributed by atoms with van der Waals surface area (Å²) in [6.07, 6.45) is 52.8. The molecular formula is C53H90OSi. The molecular weight excluding hydrogens is 681 g/mol. The highest BCUT2D eigenvalue weighted by Crippen LogP contribution is 2.37. The first-order valence-corrected chi connectivity index (χ1v) is 26.0. The lowest BCUT2D eigenvalue weighted by Crippen LogP contribution is -2.66. The molecule has 0 heterocycles. The molecule has 0 saturated carbocycles. The van der Waals surface area contributed by atoms with Crippen molar-refractivity contribution in [3.8, 4) is 0 Å². The van der Waals surface area contributed by atoms with Crippen LogP contribution in [0.5, 0.6) is 0 Å². The Morgan fingerprint density at radius 3 is 0.964 bits per heavy atom. The smallest absolute Gasteiger partial charge is 0.261 e. The second-order valence-corrected chi connectivity index (χ2v) is 22.1. The van der Waals surface area contributed by atoms with Gasteiger partial charge in [-0.3, -0.25) is 0 Å². The Labute approximate surface area is 345 Å². The van der Waals surface area contributed by atoms with Gasteiger partial charge in [0.25, 0.3) is 8.32 Å². The van der Waals surface area contributed by atoms with Gasteiger partial charge in [0, 0.05) is 6.61 Å². The van der Waals surface area contributed by atoms with Crippen molar-refractivity contribution in [1.82, 2.24) is 0 Å². The maximum absolute atomic E-state index is 7.07. The highest BCUT2D eigenvalue weighted by atomic mass is 28.4. The fraction of sp³-hybridized carbons (Fsp3) is 0.698. The predicted octanol–water partition coefficient (Wildman–Crippen LogP) is 16.8. The molecule has 0 saturated heterocycles. The molecule has 2 rings (SSSR count). The predicted molar refractivity (Wildman–Crippen MR) is 251 cm³/mol. The lowest BCUT2D eigenvalue weighted by molar-refractivity contribution is 0.286. The van der Waals surface area contributed by atoms with Crippen LogP contribution in [0.4, 0.5) is 0 Å². The van der Waals surface area contributed by atoms with Crippen LogP contribution < -0.4 is 10.4 Å². The van der Waals surface area contributed by atoms with Crippen LogP contribution in [0.25, 0.3) is 0 Å². The summed E-state index contributed by atoms with van der Waals surface area (Å²) in [4.78, 5) is 0. The number of hydrogen-bond acceptors (Lipinski definition) is 1. The van der Waals surface area contributed by atoms with Gasteiger partial charge in [0.15, 0.2) is 0 Å². The first kappa shape index (κ1) is 49.2. The zero-order chi connectivity index (χ0) is 39.4. The molecule has 0 N–H and O–H groups in total. The summed E-state index contributed by atoms with van der Waals surface area (Å²) in [5, 5.41) is 2.85. The van der Waals surface area contributed by atoms with E-state index in [2.05, 4.69) is 113 Å². The minimum atomic E-state index is -2.38. The average Bonchev–Trinajstić information content (AvgIpc) is 3.19. The normalized spacial score (nSPS) is 12.4. The van der Waals surface area contributed by atoms with Crippen LogP contribution in [0, 0.1) is 0 Å². The van der Waals surface area contributed by atoms with Crippen molar-refractivity contribution in [2.45, 2.75) is 232 Å². The first-order chi connectivity index (χ1) is 27.0. The van der Waals surface area contributed by atoms with E-state index in [0.29, 0.717) is 0 Å².